The van der Waals surface area contributed by atoms with Gasteiger partial charge in [0.05, 0.1) is 6.26 Å². The molecule has 0 spiro atoms. The molecule has 0 saturated heterocycles. The monoisotopic (exact) mass is 420 g/mol. The van der Waals surface area contributed by atoms with E-state index in [2.05, 4.69) is 10.6 Å². The van der Waals surface area contributed by atoms with Gasteiger partial charge in [0.2, 0.25) is 0 Å². The topological polar surface area (TPSA) is 84.5 Å². The molecule has 2 aromatic carbocycles. The number of anilines is 2. The van der Waals surface area contributed by atoms with E-state index in [0.29, 0.717) is 22.2 Å². The highest BCUT2D eigenvalue weighted by molar-refractivity contribution is 6.30. The average molecular weight is 421 g/mol. The molecule has 7 heteroatoms. The molecule has 4 rings (SSSR count). The van der Waals surface area contributed by atoms with Crippen LogP contribution >= 0.6 is 11.6 Å². The van der Waals surface area contributed by atoms with Crippen molar-refractivity contribution in [2.24, 2.45) is 0 Å². The van der Waals surface area contributed by atoms with Crippen molar-refractivity contribution in [2.75, 3.05) is 10.6 Å². The fourth-order valence-corrected chi connectivity index (χ4v) is 3.11. The summed E-state index contributed by atoms with van der Waals surface area (Å²) in [6.07, 6.45) is 1.44. The van der Waals surface area contributed by atoms with Crippen LogP contribution in [0.1, 0.15) is 26.7 Å². The zero-order valence-corrected chi connectivity index (χ0v) is 16.7. The number of hydrogen-bond donors (Lipinski definition) is 2. The molecular formula is C23H17ClN2O4. The molecular weight excluding hydrogens is 404 g/mol. The molecule has 4 aromatic rings. The minimum Gasteiger partial charge on any atom is -0.459 e. The van der Waals surface area contributed by atoms with E-state index in [1.165, 1.54) is 6.26 Å². The van der Waals surface area contributed by atoms with Crippen LogP contribution < -0.4 is 10.6 Å². The molecule has 0 aliphatic rings. The van der Waals surface area contributed by atoms with Gasteiger partial charge in [-0.25, -0.2) is 0 Å². The van der Waals surface area contributed by atoms with E-state index < -0.39 is 0 Å². The van der Waals surface area contributed by atoms with Gasteiger partial charge in [-0.1, -0.05) is 23.7 Å². The van der Waals surface area contributed by atoms with E-state index in [0.717, 1.165) is 11.1 Å². The molecule has 0 aliphatic heterocycles. The predicted octanol–water partition coefficient (Wildman–Crippen LogP) is 6.01. The Kier molecular flexibility index (Phi) is 5.41. The highest BCUT2D eigenvalue weighted by Crippen LogP contribution is 2.26. The largest absolute Gasteiger partial charge is 0.459 e. The summed E-state index contributed by atoms with van der Waals surface area (Å²) in [4.78, 5) is 24.7. The van der Waals surface area contributed by atoms with Gasteiger partial charge in [-0.2, -0.15) is 0 Å². The molecule has 2 heterocycles. The van der Waals surface area contributed by atoms with Crippen molar-refractivity contribution >= 4 is 34.8 Å². The average Bonchev–Trinajstić information content (AvgIpc) is 3.42. The number of aryl methyl sites for hydroxylation is 1. The molecule has 2 N–H and O–H groups in total. The fraction of sp³-hybridized carbons (Fsp3) is 0.0435. The van der Waals surface area contributed by atoms with Crippen molar-refractivity contribution in [2.45, 2.75) is 6.92 Å². The maximum Gasteiger partial charge on any atom is 0.291 e. The molecule has 0 radical (unpaired) electrons. The molecule has 30 heavy (non-hydrogen) atoms. The van der Waals surface area contributed by atoms with Crippen LogP contribution in [0.15, 0.2) is 81.8 Å². The lowest BCUT2D eigenvalue weighted by molar-refractivity contribution is 0.0989. The molecule has 0 unspecified atom stereocenters. The zero-order valence-electron chi connectivity index (χ0n) is 15.9. The maximum atomic E-state index is 12.5. The molecule has 6 nitrogen and oxygen atoms in total. The van der Waals surface area contributed by atoms with Crippen molar-refractivity contribution in [1.82, 2.24) is 0 Å². The number of rotatable bonds is 5. The second-order valence-corrected chi connectivity index (χ2v) is 7.03. The van der Waals surface area contributed by atoms with E-state index in [4.69, 9.17) is 20.4 Å². The third kappa shape index (κ3) is 4.29. The Hall–Kier alpha value is -3.77. The van der Waals surface area contributed by atoms with Gasteiger partial charge < -0.3 is 19.5 Å². The molecule has 150 valence electrons. The summed E-state index contributed by atoms with van der Waals surface area (Å²) in [5.74, 6) is 0.229. The predicted molar refractivity (Wildman–Crippen MR) is 115 cm³/mol. The minimum atomic E-state index is -0.380. The first-order valence-electron chi connectivity index (χ1n) is 9.12. The Morgan fingerprint density at radius 2 is 1.70 bits per heavy atom. The summed E-state index contributed by atoms with van der Waals surface area (Å²) < 4.78 is 10.8. The van der Waals surface area contributed by atoms with E-state index in [1.807, 2.05) is 19.1 Å². The summed E-state index contributed by atoms with van der Waals surface area (Å²) in [5, 5.41) is 6.16. The molecule has 0 saturated carbocycles. The number of amides is 2. The van der Waals surface area contributed by atoms with Gasteiger partial charge in [0.25, 0.3) is 11.8 Å². The highest BCUT2D eigenvalue weighted by Gasteiger charge is 2.14. The van der Waals surface area contributed by atoms with Gasteiger partial charge >= 0.3 is 0 Å². The Morgan fingerprint density at radius 3 is 2.43 bits per heavy atom. The number of carbonyl (C=O) groups is 2. The van der Waals surface area contributed by atoms with Crippen molar-refractivity contribution in [3.8, 4) is 11.3 Å². The van der Waals surface area contributed by atoms with Crippen LogP contribution in [0.25, 0.3) is 11.3 Å². The Morgan fingerprint density at radius 1 is 0.867 bits per heavy atom. The quantitative estimate of drug-likeness (QED) is 0.414. The Balaban J connectivity index is 1.45. The van der Waals surface area contributed by atoms with Gasteiger partial charge in [0.1, 0.15) is 5.76 Å². The zero-order chi connectivity index (χ0) is 21.1. The maximum absolute atomic E-state index is 12.5. The highest BCUT2D eigenvalue weighted by atomic mass is 35.5. The summed E-state index contributed by atoms with van der Waals surface area (Å²) in [6.45, 7) is 1.83. The van der Waals surface area contributed by atoms with Crippen LogP contribution in [0.3, 0.4) is 0 Å². The fourth-order valence-electron chi connectivity index (χ4n) is 2.92. The van der Waals surface area contributed by atoms with Gasteiger partial charge in [-0.3, -0.25) is 9.59 Å². The summed E-state index contributed by atoms with van der Waals surface area (Å²) in [6, 6.07) is 18.9. The van der Waals surface area contributed by atoms with E-state index in [9.17, 15) is 9.59 Å². The number of benzene rings is 2. The Labute approximate surface area is 177 Å². The lowest BCUT2D eigenvalue weighted by Crippen LogP contribution is -2.13. The second kappa shape index (κ2) is 8.31. The number of carbonyl (C=O) groups excluding carboxylic acids is 2. The second-order valence-electron chi connectivity index (χ2n) is 6.59. The van der Waals surface area contributed by atoms with Gasteiger partial charge in [-0.15, -0.1) is 0 Å². The standard InChI is InChI=1S/C23H17ClN2O4/c1-14-12-17(7-8-18(14)26-22(27)20-6-3-11-29-20)25-23(28)21-10-9-19(30-21)15-4-2-5-16(24)13-15/h2-13H,1H3,(H,25,28)(H,26,27). The summed E-state index contributed by atoms with van der Waals surface area (Å²) in [5.41, 5.74) is 2.77. The van der Waals surface area contributed by atoms with Crippen molar-refractivity contribution < 1.29 is 18.4 Å². The van der Waals surface area contributed by atoms with Gasteiger partial charge in [-0.05, 0) is 67.1 Å². The van der Waals surface area contributed by atoms with Crippen LogP contribution in [-0.4, -0.2) is 11.8 Å². The summed E-state index contributed by atoms with van der Waals surface area (Å²) >= 11 is 6.01. The first kappa shape index (κ1) is 19.5. The van der Waals surface area contributed by atoms with E-state index in [-0.39, 0.29) is 23.3 Å². The van der Waals surface area contributed by atoms with Crippen molar-refractivity contribution in [1.29, 1.82) is 0 Å². The lowest BCUT2D eigenvalue weighted by Gasteiger charge is -2.10. The van der Waals surface area contributed by atoms with Crippen molar-refractivity contribution in [3.63, 3.8) is 0 Å². The summed E-state index contributed by atoms with van der Waals surface area (Å²) in [7, 11) is 0. The normalized spacial score (nSPS) is 10.6. The van der Waals surface area contributed by atoms with Crippen LogP contribution in [-0.2, 0) is 0 Å². The number of hydrogen-bond acceptors (Lipinski definition) is 4. The first-order chi connectivity index (χ1) is 14.5. The number of furan rings is 2. The number of nitrogens with one attached hydrogen (secondary N) is 2. The van der Waals surface area contributed by atoms with Crippen molar-refractivity contribution in [3.05, 3.63) is 95.1 Å². The molecule has 0 aliphatic carbocycles. The van der Waals surface area contributed by atoms with Crippen LogP contribution in [0.5, 0.6) is 0 Å². The first-order valence-corrected chi connectivity index (χ1v) is 9.50. The molecule has 2 amide bonds. The third-order valence-corrected chi connectivity index (χ3v) is 4.65. The molecule has 0 bridgehead atoms. The van der Waals surface area contributed by atoms with Crippen LogP contribution in [0.2, 0.25) is 5.02 Å². The van der Waals surface area contributed by atoms with E-state index >= 15 is 0 Å². The minimum absolute atomic E-state index is 0.179. The SMILES string of the molecule is Cc1cc(NC(=O)c2ccc(-c3cccc(Cl)c3)o2)ccc1NC(=O)c1ccco1. The smallest absolute Gasteiger partial charge is 0.291 e. The van der Waals surface area contributed by atoms with Crippen LogP contribution in [0, 0.1) is 6.92 Å². The van der Waals surface area contributed by atoms with E-state index in [1.54, 1.807) is 54.6 Å². The third-order valence-electron chi connectivity index (χ3n) is 4.42. The molecule has 0 atom stereocenters. The number of halogens is 1. The molecule has 2 aromatic heterocycles. The van der Waals surface area contributed by atoms with Crippen LogP contribution in [0.4, 0.5) is 11.4 Å². The van der Waals surface area contributed by atoms with Gasteiger partial charge in [0, 0.05) is 22.0 Å². The Bertz CT molecular complexity index is 1210. The lowest BCUT2D eigenvalue weighted by atomic mass is 10.1. The molecule has 0 fully saturated rings. The van der Waals surface area contributed by atoms with Gasteiger partial charge in [0.15, 0.2) is 11.5 Å².